The highest BCUT2D eigenvalue weighted by Crippen LogP contribution is 2.21. The summed E-state index contributed by atoms with van der Waals surface area (Å²) >= 11 is 0. The lowest BCUT2D eigenvalue weighted by atomic mass is 10.1. The molecule has 1 aliphatic heterocycles. The van der Waals surface area contributed by atoms with Crippen molar-refractivity contribution in [2.45, 2.75) is 31.8 Å². The second-order valence-electron chi connectivity index (χ2n) is 7.66. The van der Waals surface area contributed by atoms with E-state index in [4.69, 9.17) is 14.2 Å². The van der Waals surface area contributed by atoms with E-state index in [9.17, 15) is 13.2 Å². The van der Waals surface area contributed by atoms with Gasteiger partial charge in [-0.2, -0.15) is 4.31 Å². The molecule has 1 heterocycles. The Balaban J connectivity index is 1.44. The van der Waals surface area contributed by atoms with Gasteiger partial charge in [0.2, 0.25) is 10.0 Å². The van der Waals surface area contributed by atoms with Crippen molar-refractivity contribution in [1.82, 2.24) is 9.62 Å². The SMILES string of the molecule is Cc1ccc(C)c(O[C@H](C)C(=O)NCCOc2ccc(S(=O)(=O)N3CCOCC3)cc2)c1. The molecular formula is C23H30N2O6S. The molecule has 0 spiro atoms. The van der Waals surface area contributed by atoms with Crippen LogP contribution in [0.3, 0.4) is 0 Å². The van der Waals surface area contributed by atoms with E-state index in [0.29, 0.717) is 44.3 Å². The van der Waals surface area contributed by atoms with Crippen molar-refractivity contribution < 1.29 is 27.4 Å². The summed E-state index contributed by atoms with van der Waals surface area (Å²) in [5.41, 5.74) is 2.04. The van der Waals surface area contributed by atoms with E-state index in [1.54, 1.807) is 19.1 Å². The van der Waals surface area contributed by atoms with Crippen LogP contribution in [0.15, 0.2) is 47.4 Å². The first-order valence-corrected chi connectivity index (χ1v) is 12.0. The molecule has 0 aliphatic carbocycles. The van der Waals surface area contributed by atoms with E-state index in [-0.39, 0.29) is 17.4 Å². The van der Waals surface area contributed by atoms with Gasteiger partial charge in [0.15, 0.2) is 6.10 Å². The Morgan fingerprint density at radius 2 is 1.81 bits per heavy atom. The number of nitrogens with zero attached hydrogens (tertiary/aromatic N) is 1. The van der Waals surface area contributed by atoms with Crippen LogP contribution in [0.5, 0.6) is 11.5 Å². The van der Waals surface area contributed by atoms with Gasteiger partial charge in [-0.25, -0.2) is 8.42 Å². The van der Waals surface area contributed by atoms with Crippen LogP contribution in [0.2, 0.25) is 0 Å². The number of hydrogen-bond donors (Lipinski definition) is 1. The summed E-state index contributed by atoms with van der Waals surface area (Å²) in [5.74, 6) is 0.984. The Morgan fingerprint density at radius 3 is 2.50 bits per heavy atom. The number of ether oxygens (including phenoxy) is 3. The maximum Gasteiger partial charge on any atom is 0.260 e. The molecular weight excluding hydrogens is 432 g/mol. The molecule has 0 radical (unpaired) electrons. The molecule has 1 saturated heterocycles. The molecule has 0 unspecified atom stereocenters. The minimum absolute atomic E-state index is 0.220. The third-order valence-corrected chi connectivity index (χ3v) is 7.03. The lowest BCUT2D eigenvalue weighted by Gasteiger charge is -2.26. The second-order valence-corrected chi connectivity index (χ2v) is 9.59. The van der Waals surface area contributed by atoms with Crippen LogP contribution >= 0.6 is 0 Å². The predicted octanol–water partition coefficient (Wildman–Crippen LogP) is 2.29. The van der Waals surface area contributed by atoms with Gasteiger partial charge in [0, 0.05) is 13.1 Å². The molecule has 0 aromatic heterocycles. The van der Waals surface area contributed by atoms with E-state index in [1.165, 1.54) is 16.4 Å². The highest BCUT2D eigenvalue weighted by atomic mass is 32.2. The molecule has 1 aliphatic rings. The first-order valence-electron chi connectivity index (χ1n) is 10.6. The Morgan fingerprint density at radius 1 is 1.12 bits per heavy atom. The third kappa shape index (κ3) is 6.21. The fourth-order valence-electron chi connectivity index (χ4n) is 3.21. The van der Waals surface area contributed by atoms with Crippen molar-refractivity contribution in [2.24, 2.45) is 0 Å². The normalized spacial score (nSPS) is 15.7. The van der Waals surface area contributed by atoms with Gasteiger partial charge in [-0.15, -0.1) is 0 Å². The average Bonchev–Trinajstić information content (AvgIpc) is 2.80. The van der Waals surface area contributed by atoms with E-state index in [2.05, 4.69) is 5.32 Å². The van der Waals surface area contributed by atoms with Gasteiger partial charge >= 0.3 is 0 Å². The van der Waals surface area contributed by atoms with Crippen LogP contribution in [-0.2, 0) is 19.6 Å². The smallest absolute Gasteiger partial charge is 0.260 e. The molecule has 174 valence electrons. The van der Waals surface area contributed by atoms with Gasteiger partial charge in [-0.05, 0) is 62.2 Å². The quantitative estimate of drug-likeness (QED) is 0.575. The van der Waals surface area contributed by atoms with E-state index >= 15 is 0 Å². The molecule has 2 aromatic carbocycles. The van der Waals surface area contributed by atoms with Crippen LogP contribution in [0.4, 0.5) is 0 Å². The minimum Gasteiger partial charge on any atom is -0.492 e. The maximum atomic E-state index is 12.6. The van der Waals surface area contributed by atoms with Crippen molar-refractivity contribution in [3.05, 3.63) is 53.6 Å². The van der Waals surface area contributed by atoms with Crippen LogP contribution in [-0.4, -0.2) is 64.2 Å². The number of amides is 1. The molecule has 1 amide bonds. The maximum absolute atomic E-state index is 12.6. The van der Waals surface area contributed by atoms with Gasteiger partial charge in [0.25, 0.3) is 5.91 Å². The number of benzene rings is 2. The Bertz CT molecular complexity index is 1020. The van der Waals surface area contributed by atoms with Crippen molar-refractivity contribution in [2.75, 3.05) is 39.5 Å². The van der Waals surface area contributed by atoms with Gasteiger partial charge in [-0.1, -0.05) is 12.1 Å². The summed E-state index contributed by atoms with van der Waals surface area (Å²) in [6.07, 6.45) is -0.639. The summed E-state index contributed by atoms with van der Waals surface area (Å²) in [6, 6.07) is 12.1. The molecule has 1 fully saturated rings. The highest BCUT2D eigenvalue weighted by molar-refractivity contribution is 7.89. The fraction of sp³-hybridized carbons (Fsp3) is 0.435. The van der Waals surface area contributed by atoms with Gasteiger partial charge < -0.3 is 19.5 Å². The zero-order valence-corrected chi connectivity index (χ0v) is 19.5. The number of carbonyl (C=O) groups excluding carboxylic acids is 1. The van der Waals surface area contributed by atoms with Crippen LogP contribution in [0.25, 0.3) is 0 Å². The van der Waals surface area contributed by atoms with Crippen molar-refractivity contribution in [3.63, 3.8) is 0 Å². The number of aryl methyl sites for hydroxylation is 2. The highest BCUT2D eigenvalue weighted by Gasteiger charge is 2.26. The molecule has 2 aromatic rings. The summed E-state index contributed by atoms with van der Waals surface area (Å²) in [4.78, 5) is 12.5. The standard InChI is InChI=1S/C23H30N2O6S/c1-17-4-5-18(2)22(16-17)31-19(3)23(26)24-10-13-30-20-6-8-21(9-7-20)32(27,28)25-11-14-29-15-12-25/h4-9,16,19H,10-15H2,1-3H3,(H,24,26)/t19-/m1/s1. The van der Waals surface area contributed by atoms with Crippen LogP contribution in [0, 0.1) is 13.8 Å². The topological polar surface area (TPSA) is 94.2 Å². The van der Waals surface area contributed by atoms with Crippen LogP contribution in [0.1, 0.15) is 18.1 Å². The zero-order valence-electron chi connectivity index (χ0n) is 18.7. The van der Waals surface area contributed by atoms with Crippen molar-refractivity contribution in [1.29, 1.82) is 0 Å². The molecule has 0 saturated carbocycles. The summed E-state index contributed by atoms with van der Waals surface area (Å²) in [6.45, 7) is 7.67. The Labute approximate surface area is 189 Å². The summed E-state index contributed by atoms with van der Waals surface area (Å²) in [7, 11) is -3.53. The summed E-state index contributed by atoms with van der Waals surface area (Å²) < 4.78 is 43.3. The molecule has 32 heavy (non-hydrogen) atoms. The van der Waals surface area contributed by atoms with E-state index in [0.717, 1.165) is 11.1 Å². The number of rotatable bonds is 9. The summed E-state index contributed by atoms with van der Waals surface area (Å²) in [5, 5.41) is 2.78. The molecule has 0 bridgehead atoms. The first-order chi connectivity index (χ1) is 15.3. The molecule has 9 heteroatoms. The Hall–Kier alpha value is -2.62. The monoisotopic (exact) mass is 462 g/mol. The van der Waals surface area contributed by atoms with Gasteiger partial charge in [-0.3, -0.25) is 4.79 Å². The number of hydrogen-bond acceptors (Lipinski definition) is 6. The number of carbonyl (C=O) groups is 1. The number of nitrogens with one attached hydrogen (secondary N) is 1. The lowest BCUT2D eigenvalue weighted by Crippen LogP contribution is -2.40. The molecule has 8 nitrogen and oxygen atoms in total. The minimum atomic E-state index is -3.53. The van der Waals surface area contributed by atoms with Crippen molar-refractivity contribution in [3.8, 4) is 11.5 Å². The second kappa shape index (κ2) is 10.8. The third-order valence-electron chi connectivity index (χ3n) is 5.12. The van der Waals surface area contributed by atoms with Crippen molar-refractivity contribution >= 4 is 15.9 Å². The number of sulfonamides is 1. The van der Waals surface area contributed by atoms with Crippen LogP contribution < -0.4 is 14.8 Å². The fourth-order valence-corrected chi connectivity index (χ4v) is 4.62. The lowest BCUT2D eigenvalue weighted by molar-refractivity contribution is -0.127. The van der Waals surface area contributed by atoms with Gasteiger partial charge in [0.1, 0.15) is 18.1 Å². The Kier molecular flexibility index (Phi) is 8.11. The largest absolute Gasteiger partial charge is 0.492 e. The number of morpholine rings is 1. The predicted molar refractivity (Wildman–Crippen MR) is 121 cm³/mol. The van der Waals surface area contributed by atoms with E-state index < -0.39 is 16.1 Å². The zero-order chi connectivity index (χ0) is 23.1. The van der Waals surface area contributed by atoms with E-state index in [1.807, 2.05) is 32.0 Å². The first kappa shape index (κ1) is 24.0. The average molecular weight is 463 g/mol. The van der Waals surface area contributed by atoms with Gasteiger partial charge in [0.05, 0.1) is 24.7 Å². The molecule has 1 N–H and O–H groups in total. The molecule has 1 atom stereocenters. The molecule has 3 rings (SSSR count).